The molecule has 0 aromatic heterocycles. The molecule has 0 unspecified atom stereocenters. The summed E-state index contributed by atoms with van der Waals surface area (Å²) in [5, 5.41) is 13.9. The minimum Gasteiger partial charge on any atom is -0.484 e. The third kappa shape index (κ3) is 5.70. The maximum Gasteiger partial charge on any atom is 0.270 e. The van der Waals surface area contributed by atoms with Gasteiger partial charge in [-0.2, -0.15) is 0 Å². The molecule has 0 radical (unpaired) electrons. The van der Waals surface area contributed by atoms with E-state index in [1.165, 1.54) is 18.2 Å². The number of piperidine rings is 1. The van der Waals surface area contributed by atoms with Crippen molar-refractivity contribution in [3.8, 4) is 5.75 Å². The number of carbonyl (C=O) groups is 2. The number of hydrogen-bond donors (Lipinski definition) is 1. The zero-order chi connectivity index (χ0) is 21.5. The normalized spacial score (nSPS) is 14.2. The highest BCUT2D eigenvalue weighted by Crippen LogP contribution is 2.22. The largest absolute Gasteiger partial charge is 0.484 e. The summed E-state index contributed by atoms with van der Waals surface area (Å²) in [5.41, 5.74) is -0.106. The van der Waals surface area contributed by atoms with E-state index in [9.17, 15) is 19.7 Å². The first-order valence-electron chi connectivity index (χ1n) is 9.62. The average molecular weight is 432 g/mol. The lowest BCUT2D eigenvalue weighted by Gasteiger charge is -2.32. The van der Waals surface area contributed by atoms with Crippen molar-refractivity contribution < 1.29 is 19.2 Å². The number of nitro benzene ring substituents is 1. The lowest BCUT2D eigenvalue weighted by Crippen LogP contribution is -2.43. The number of ether oxygens (including phenoxy) is 1. The van der Waals surface area contributed by atoms with E-state index in [1.54, 1.807) is 17.0 Å². The maximum atomic E-state index is 12.4. The van der Waals surface area contributed by atoms with E-state index in [0.29, 0.717) is 25.4 Å². The van der Waals surface area contributed by atoms with Crippen LogP contribution in [0.2, 0.25) is 5.02 Å². The van der Waals surface area contributed by atoms with Crippen LogP contribution >= 0.6 is 11.6 Å². The van der Waals surface area contributed by atoms with Gasteiger partial charge in [0.2, 0.25) is 0 Å². The number of nitro groups is 1. The van der Waals surface area contributed by atoms with Gasteiger partial charge in [0.1, 0.15) is 5.75 Å². The number of hydrogen-bond acceptors (Lipinski definition) is 5. The Balaban J connectivity index is 1.43. The van der Waals surface area contributed by atoms with Crippen LogP contribution in [0.1, 0.15) is 23.2 Å². The Hall–Kier alpha value is -3.13. The fourth-order valence-electron chi connectivity index (χ4n) is 3.27. The second-order valence-corrected chi connectivity index (χ2v) is 7.46. The molecule has 158 valence electrons. The van der Waals surface area contributed by atoms with Crippen LogP contribution in [0, 0.1) is 16.0 Å². The van der Waals surface area contributed by atoms with Crippen molar-refractivity contribution >= 4 is 29.1 Å². The molecule has 1 aliphatic heterocycles. The van der Waals surface area contributed by atoms with Gasteiger partial charge in [0.25, 0.3) is 17.5 Å². The number of para-hydroxylation sites is 1. The third-order valence-electron chi connectivity index (χ3n) is 5.03. The highest BCUT2D eigenvalue weighted by Gasteiger charge is 2.24. The van der Waals surface area contributed by atoms with Gasteiger partial charge in [-0.3, -0.25) is 19.7 Å². The summed E-state index contributed by atoms with van der Waals surface area (Å²) in [6, 6.07) is 13.0. The number of halogens is 1. The summed E-state index contributed by atoms with van der Waals surface area (Å²) < 4.78 is 5.50. The fourth-order valence-corrected chi connectivity index (χ4v) is 3.48. The first-order valence-corrected chi connectivity index (χ1v) is 9.99. The van der Waals surface area contributed by atoms with Crippen LogP contribution in [0.3, 0.4) is 0 Å². The number of nitrogens with one attached hydrogen (secondary N) is 1. The molecule has 30 heavy (non-hydrogen) atoms. The van der Waals surface area contributed by atoms with Gasteiger partial charge < -0.3 is 15.0 Å². The average Bonchev–Trinajstić information content (AvgIpc) is 2.77. The molecular formula is C21H22ClN3O5. The minimum absolute atomic E-state index is 0.00327. The summed E-state index contributed by atoms with van der Waals surface area (Å²) >= 11 is 6.01. The highest BCUT2D eigenvalue weighted by molar-refractivity contribution is 6.33. The summed E-state index contributed by atoms with van der Waals surface area (Å²) in [7, 11) is 0. The third-order valence-corrected chi connectivity index (χ3v) is 5.36. The monoisotopic (exact) mass is 431 g/mol. The number of nitrogens with zero attached hydrogens (tertiary/aromatic N) is 2. The molecule has 0 atom stereocenters. The van der Waals surface area contributed by atoms with E-state index in [-0.39, 0.29) is 34.7 Å². The quantitative estimate of drug-likeness (QED) is 0.535. The highest BCUT2D eigenvalue weighted by atomic mass is 35.5. The molecule has 1 fully saturated rings. The standard InChI is InChI=1S/C21H22ClN3O5/c22-19-7-6-16(25(28)29)12-18(19)21(27)23-13-15-8-10-24(11-9-15)20(26)14-30-17-4-2-1-3-5-17/h1-7,12,15H,8-11,13-14H2,(H,23,27). The van der Waals surface area contributed by atoms with E-state index in [2.05, 4.69) is 5.32 Å². The van der Waals surface area contributed by atoms with Crippen molar-refractivity contribution in [2.24, 2.45) is 5.92 Å². The smallest absolute Gasteiger partial charge is 0.270 e. The lowest BCUT2D eigenvalue weighted by molar-refractivity contribution is -0.384. The van der Waals surface area contributed by atoms with Crippen LogP contribution < -0.4 is 10.1 Å². The molecule has 1 aliphatic rings. The van der Waals surface area contributed by atoms with E-state index in [1.807, 2.05) is 18.2 Å². The molecule has 0 bridgehead atoms. The zero-order valence-corrected chi connectivity index (χ0v) is 17.0. The number of likely N-dealkylation sites (tertiary alicyclic amines) is 1. The van der Waals surface area contributed by atoms with E-state index < -0.39 is 10.8 Å². The van der Waals surface area contributed by atoms with Gasteiger partial charge in [-0.05, 0) is 37.0 Å². The molecule has 2 amide bonds. The van der Waals surface area contributed by atoms with Gasteiger partial charge in [0.15, 0.2) is 6.61 Å². The van der Waals surface area contributed by atoms with Gasteiger partial charge in [-0.25, -0.2) is 0 Å². The van der Waals surface area contributed by atoms with Gasteiger partial charge in [0, 0.05) is 31.8 Å². The van der Waals surface area contributed by atoms with Crippen molar-refractivity contribution in [1.82, 2.24) is 10.2 Å². The molecule has 1 N–H and O–H groups in total. The van der Waals surface area contributed by atoms with Gasteiger partial charge in [0.05, 0.1) is 15.5 Å². The predicted octanol–water partition coefficient (Wildman–Crippen LogP) is 3.30. The van der Waals surface area contributed by atoms with Crippen LogP contribution in [-0.2, 0) is 4.79 Å². The molecule has 3 rings (SSSR count). The Morgan fingerprint density at radius 2 is 1.87 bits per heavy atom. The van der Waals surface area contributed by atoms with Crippen LogP contribution in [0.5, 0.6) is 5.75 Å². The number of carbonyl (C=O) groups excluding carboxylic acids is 2. The second kappa shape index (κ2) is 10.1. The van der Waals surface area contributed by atoms with Gasteiger partial charge in [-0.1, -0.05) is 29.8 Å². The van der Waals surface area contributed by atoms with Crippen molar-refractivity contribution in [2.45, 2.75) is 12.8 Å². The molecule has 2 aromatic carbocycles. The van der Waals surface area contributed by atoms with Gasteiger partial charge in [-0.15, -0.1) is 0 Å². The Bertz CT molecular complexity index is 914. The Kier molecular flexibility index (Phi) is 7.24. The summed E-state index contributed by atoms with van der Waals surface area (Å²) in [4.78, 5) is 36.8. The molecule has 1 saturated heterocycles. The SMILES string of the molecule is O=C(NCC1CCN(C(=O)COc2ccccc2)CC1)c1cc([N+](=O)[O-])ccc1Cl. The van der Waals surface area contributed by atoms with E-state index >= 15 is 0 Å². The van der Waals surface area contributed by atoms with Crippen molar-refractivity contribution in [1.29, 1.82) is 0 Å². The van der Waals surface area contributed by atoms with Gasteiger partial charge >= 0.3 is 0 Å². The van der Waals surface area contributed by atoms with Crippen molar-refractivity contribution in [3.05, 3.63) is 69.2 Å². The summed E-state index contributed by atoms with van der Waals surface area (Å²) in [6.07, 6.45) is 1.50. The molecule has 0 aliphatic carbocycles. The van der Waals surface area contributed by atoms with Crippen molar-refractivity contribution in [3.63, 3.8) is 0 Å². The number of benzene rings is 2. The van der Waals surface area contributed by atoms with Crippen LogP contribution in [0.4, 0.5) is 5.69 Å². The Morgan fingerprint density at radius 3 is 2.53 bits per heavy atom. The maximum absolute atomic E-state index is 12.4. The Morgan fingerprint density at radius 1 is 1.17 bits per heavy atom. The van der Waals surface area contributed by atoms with Crippen LogP contribution in [0.25, 0.3) is 0 Å². The molecule has 2 aromatic rings. The molecule has 8 nitrogen and oxygen atoms in total. The molecule has 9 heteroatoms. The van der Waals surface area contributed by atoms with Crippen LogP contribution in [-0.4, -0.2) is 47.9 Å². The number of non-ortho nitro benzene ring substituents is 1. The number of rotatable bonds is 7. The summed E-state index contributed by atoms with van der Waals surface area (Å²) in [6.45, 7) is 1.60. The minimum atomic E-state index is -0.568. The first kappa shape index (κ1) is 21.6. The van der Waals surface area contributed by atoms with E-state index in [0.717, 1.165) is 12.8 Å². The Labute approximate surface area is 178 Å². The number of amides is 2. The van der Waals surface area contributed by atoms with Crippen molar-refractivity contribution in [2.75, 3.05) is 26.2 Å². The topological polar surface area (TPSA) is 102 Å². The van der Waals surface area contributed by atoms with E-state index in [4.69, 9.17) is 16.3 Å². The molecule has 0 saturated carbocycles. The summed E-state index contributed by atoms with van der Waals surface area (Å²) in [5.74, 6) is 0.358. The fraction of sp³-hybridized carbons (Fsp3) is 0.333. The molecular weight excluding hydrogens is 410 g/mol. The molecule has 0 spiro atoms. The lowest BCUT2D eigenvalue weighted by atomic mass is 9.96. The van der Waals surface area contributed by atoms with Crippen LogP contribution in [0.15, 0.2) is 48.5 Å². The predicted molar refractivity (Wildman–Crippen MR) is 112 cm³/mol. The second-order valence-electron chi connectivity index (χ2n) is 7.06. The first-order chi connectivity index (χ1) is 14.4. The molecule has 1 heterocycles. The zero-order valence-electron chi connectivity index (χ0n) is 16.3.